The van der Waals surface area contributed by atoms with Crippen molar-refractivity contribution in [2.24, 2.45) is 0 Å². The zero-order chi connectivity index (χ0) is 14.0. The quantitative estimate of drug-likeness (QED) is 0.923. The van der Waals surface area contributed by atoms with Gasteiger partial charge in [-0.05, 0) is 24.6 Å². The first-order valence-electron chi connectivity index (χ1n) is 6.04. The van der Waals surface area contributed by atoms with E-state index in [2.05, 4.69) is 5.32 Å². The van der Waals surface area contributed by atoms with Gasteiger partial charge in [-0.15, -0.1) is 0 Å². The fourth-order valence-corrected chi connectivity index (χ4v) is 4.12. The highest BCUT2D eigenvalue weighted by molar-refractivity contribution is 7.88. The summed E-state index contributed by atoms with van der Waals surface area (Å²) in [5, 5.41) is 3.09. The van der Waals surface area contributed by atoms with E-state index in [9.17, 15) is 12.8 Å². The summed E-state index contributed by atoms with van der Waals surface area (Å²) in [6.45, 7) is 3.61. The van der Waals surface area contributed by atoms with Crippen molar-refractivity contribution in [2.45, 2.75) is 18.7 Å². The van der Waals surface area contributed by atoms with Crippen molar-refractivity contribution < 1.29 is 12.8 Å². The Morgan fingerprint density at radius 2 is 2.26 bits per heavy atom. The number of halogens is 2. The molecule has 1 aliphatic heterocycles. The lowest BCUT2D eigenvalue weighted by molar-refractivity contribution is 0.283. The van der Waals surface area contributed by atoms with Crippen LogP contribution in [0.25, 0.3) is 0 Å². The van der Waals surface area contributed by atoms with Crippen LogP contribution in [0.3, 0.4) is 0 Å². The molecule has 7 heteroatoms. The molecule has 1 atom stereocenters. The van der Waals surface area contributed by atoms with Gasteiger partial charge in [-0.2, -0.15) is 4.31 Å². The largest absolute Gasteiger partial charge is 0.314 e. The summed E-state index contributed by atoms with van der Waals surface area (Å²) in [6, 6.07) is 3.93. The highest BCUT2D eigenvalue weighted by atomic mass is 35.5. The monoisotopic (exact) mass is 306 g/mol. The van der Waals surface area contributed by atoms with E-state index in [0.717, 1.165) is 0 Å². The Kier molecular flexibility index (Phi) is 4.45. The van der Waals surface area contributed by atoms with E-state index < -0.39 is 15.8 Å². The molecule has 0 unspecified atom stereocenters. The van der Waals surface area contributed by atoms with E-state index in [4.69, 9.17) is 11.6 Å². The van der Waals surface area contributed by atoms with E-state index in [1.54, 1.807) is 0 Å². The van der Waals surface area contributed by atoms with Gasteiger partial charge < -0.3 is 5.32 Å². The van der Waals surface area contributed by atoms with Gasteiger partial charge in [-0.25, -0.2) is 12.8 Å². The first-order chi connectivity index (χ1) is 8.90. The maximum Gasteiger partial charge on any atom is 0.218 e. The molecule has 1 aromatic carbocycles. The summed E-state index contributed by atoms with van der Waals surface area (Å²) in [6.07, 6.45) is 0. The Labute approximate surface area is 117 Å². The Bertz CT molecular complexity index is 565. The van der Waals surface area contributed by atoms with Gasteiger partial charge in [0, 0.05) is 25.7 Å². The second kappa shape index (κ2) is 5.75. The van der Waals surface area contributed by atoms with E-state index in [1.807, 2.05) is 6.92 Å². The van der Waals surface area contributed by atoms with Gasteiger partial charge in [0.05, 0.1) is 10.8 Å². The third-order valence-corrected chi connectivity index (χ3v) is 5.38. The van der Waals surface area contributed by atoms with Gasteiger partial charge in [-0.1, -0.05) is 17.7 Å². The number of rotatable bonds is 3. The predicted octanol–water partition coefficient (Wildman–Crippen LogP) is 1.60. The Morgan fingerprint density at radius 1 is 1.53 bits per heavy atom. The van der Waals surface area contributed by atoms with Crippen molar-refractivity contribution in [3.05, 3.63) is 34.6 Å². The summed E-state index contributed by atoms with van der Waals surface area (Å²) in [5.41, 5.74) is 0.497. The zero-order valence-corrected chi connectivity index (χ0v) is 12.1. The maximum absolute atomic E-state index is 13.0. The van der Waals surface area contributed by atoms with Crippen LogP contribution in [0.4, 0.5) is 4.39 Å². The van der Waals surface area contributed by atoms with Crippen LogP contribution in [0.2, 0.25) is 5.02 Å². The SMILES string of the molecule is C[C@@H]1CNCCN1S(=O)(=O)Cc1ccc(F)c(Cl)c1. The molecule has 0 aromatic heterocycles. The molecule has 0 aliphatic carbocycles. The first-order valence-corrected chi connectivity index (χ1v) is 8.03. The van der Waals surface area contributed by atoms with Crippen LogP contribution in [-0.2, 0) is 15.8 Å². The van der Waals surface area contributed by atoms with E-state index in [-0.39, 0.29) is 16.8 Å². The molecule has 0 bridgehead atoms. The number of sulfonamides is 1. The minimum Gasteiger partial charge on any atom is -0.314 e. The van der Waals surface area contributed by atoms with Crippen LogP contribution < -0.4 is 5.32 Å². The zero-order valence-electron chi connectivity index (χ0n) is 10.6. The number of hydrogen-bond donors (Lipinski definition) is 1. The lowest BCUT2D eigenvalue weighted by atomic mass is 10.2. The molecule has 1 N–H and O–H groups in total. The standard InChI is InChI=1S/C12H16ClFN2O2S/c1-9-7-15-4-5-16(9)19(17,18)8-10-2-3-12(14)11(13)6-10/h2-3,6,9,15H,4-5,7-8H2,1H3/t9-/m1/s1. The average Bonchev–Trinajstić information content (AvgIpc) is 2.34. The highest BCUT2D eigenvalue weighted by Gasteiger charge is 2.29. The van der Waals surface area contributed by atoms with E-state index >= 15 is 0 Å². The number of hydrogen-bond acceptors (Lipinski definition) is 3. The molecule has 1 fully saturated rings. The lowest BCUT2D eigenvalue weighted by Gasteiger charge is -2.32. The maximum atomic E-state index is 13.0. The smallest absolute Gasteiger partial charge is 0.218 e. The molecule has 1 saturated heterocycles. The third kappa shape index (κ3) is 3.45. The molecule has 4 nitrogen and oxygen atoms in total. The van der Waals surface area contributed by atoms with Crippen LogP contribution in [0.15, 0.2) is 18.2 Å². The normalized spacial score (nSPS) is 21.5. The fourth-order valence-electron chi connectivity index (χ4n) is 2.16. The fraction of sp³-hybridized carbons (Fsp3) is 0.500. The first kappa shape index (κ1) is 14.7. The number of piperazine rings is 1. The Hall–Kier alpha value is -0.690. The molecule has 19 heavy (non-hydrogen) atoms. The molecule has 2 rings (SSSR count). The molecule has 0 spiro atoms. The van der Waals surface area contributed by atoms with Gasteiger partial charge in [0.15, 0.2) is 0 Å². The van der Waals surface area contributed by atoms with Gasteiger partial charge in [0.1, 0.15) is 5.82 Å². The van der Waals surface area contributed by atoms with Gasteiger partial charge in [-0.3, -0.25) is 0 Å². The van der Waals surface area contributed by atoms with Crippen molar-refractivity contribution >= 4 is 21.6 Å². The number of nitrogens with one attached hydrogen (secondary N) is 1. The van der Waals surface area contributed by atoms with Crippen molar-refractivity contribution in [2.75, 3.05) is 19.6 Å². The molecule has 0 amide bonds. The molecular weight excluding hydrogens is 291 g/mol. The Morgan fingerprint density at radius 3 is 2.89 bits per heavy atom. The molecule has 1 heterocycles. The number of nitrogens with zero attached hydrogens (tertiary/aromatic N) is 1. The molecule has 106 valence electrons. The second-order valence-electron chi connectivity index (χ2n) is 4.67. The van der Waals surface area contributed by atoms with Crippen LogP contribution in [-0.4, -0.2) is 38.4 Å². The predicted molar refractivity (Wildman–Crippen MR) is 73.1 cm³/mol. The summed E-state index contributed by atoms with van der Waals surface area (Å²) in [4.78, 5) is 0. The second-order valence-corrected chi connectivity index (χ2v) is 7.00. The minimum atomic E-state index is -3.40. The van der Waals surface area contributed by atoms with Gasteiger partial charge in [0.25, 0.3) is 0 Å². The summed E-state index contributed by atoms with van der Waals surface area (Å²) in [5.74, 6) is -0.699. The van der Waals surface area contributed by atoms with Crippen LogP contribution >= 0.6 is 11.6 Å². The van der Waals surface area contributed by atoms with Crippen molar-refractivity contribution in [3.63, 3.8) is 0 Å². The molecule has 1 aliphatic rings. The van der Waals surface area contributed by atoms with E-state index in [1.165, 1.54) is 22.5 Å². The average molecular weight is 307 g/mol. The Balaban J connectivity index is 2.18. The highest BCUT2D eigenvalue weighted by Crippen LogP contribution is 2.20. The van der Waals surface area contributed by atoms with Crippen molar-refractivity contribution in [1.82, 2.24) is 9.62 Å². The van der Waals surface area contributed by atoms with E-state index in [0.29, 0.717) is 25.2 Å². The topological polar surface area (TPSA) is 49.4 Å². The summed E-state index contributed by atoms with van der Waals surface area (Å²) < 4.78 is 39.2. The van der Waals surface area contributed by atoms with Crippen LogP contribution in [0, 0.1) is 5.82 Å². The van der Waals surface area contributed by atoms with Gasteiger partial charge in [0.2, 0.25) is 10.0 Å². The third-order valence-electron chi connectivity index (χ3n) is 3.13. The molecule has 1 aromatic rings. The molecular formula is C12H16ClFN2O2S. The minimum absolute atomic E-state index is 0.0546. The lowest BCUT2D eigenvalue weighted by Crippen LogP contribution is -2.52. The van der Waals surface area contributed by atoms with Crippen LogP contribution in [0.1, 0.15) is 12.5 Å². The van der Waals surface area contributed by atoms with Crippen molar-refractivity contribution in [3.8, 4) is 0 Å². The van der Waals surface area contributed by atoms with Gasteiger partial charge >= 0.3 is 0 Å². The summed E-state index contributed by atoms with van der Waals surface area (Å²) >= 11 is 5.66. The summed E-state index contributed by atoms with van der Waals surface area (Å²) in [7, 11) is -3.40. The molecule has 0 radical (unpaired) electrons. The van der Waals surface area contributed by atoms with Crippen molar-refractivity contribution in [1.29, 1.82) is 0 Å². The molecule has 0 saturated carbocycles. The van der Waals surface area contributed by atoms with Crippen LogP contribution in [0.5, 0.6) is 0 Å². The number of benzene rings is 1.